The van der Waals surface area contributed by atoms with E-state index in [0.717, 1.165) is 5.56 Å². The van der Waals surface area contributed by atoms with E-state index in [4.69, 9.17) is 10.4 Å². The van der Waals surface area contributed by atoms with Gasteiger partial charge in [-0.1, -0.05) is 35.5 Å². The molecule has 122 valence electrons. The molecule has 8 heteroatoms. The molecule has 1 aliphatic carbocycles. The zero-order valence-corrected chi connectivity index (χ0v) is 13.0. The summed E-state index contributed by atoms with van der Waals surface area (Å²) in [5, 5.41) is 6.61. The molecular weight excluding hydrogens is 320 g/mol. The van der Waals surface area contributed by atoms with Crippen molar-refractivity contribution in [1.29, 1.82) is 0 Å². The molecule has 4 N–H and O–H groups in total. The van der Waals surface area contributed by atoms with Crippen molar-refractivity contribution < 1.29 is 14.1 Å². The second kappa shape index (κ2) is 7.26. The van der Waals surface area contributed by atoms with Gasteiger partial charge in [0.25, 0.3) is 5.91 Å². The van der Waals surface area contributed by atoms with Crippen LogP contribution in [0.5, 0.6) is 0 Å². The number of nitrogens with zero attached hydrogens (tertiary/aromatic N) is 1. The highest BCUT2D eigenvalue weighted by Gasteiger charge is 2.35. The van der Waals surface area contributed by atoms with E-state index in [2.05, 4.69) is 15.9 Å². The van der Waals surface area contributed by atoms with Gasteiger partial charge in [-0.3, -0.25) is 15.0 Å². The zero-order chi connectivity index (χ0) is 15.5. The number of carbonyl (C=O) groups is 2. The lowest BCUT2D eigenvalue weighted by molar-refractivity contribution is -0.128. The minimum Gasteiger partial charge on any atom is -0.355 e. The molecule has 0 unspecified atom stereocenters. The fraction of sp³-hybridized carbons (Fsp3) is 0.267. The summed E-state index contributed by atoms with van der Waals surface area (Å²) < 4.78 is 5.19. The van der Waals surface area contributed by atoms with Gasteiger partial charge in [-0.05, 0) is 12.8 Å². The van der Waals surface area contributed by atoms with Gasteiger partial charge in [0.05, 0.1) is 0 Å². The Labute approximate surface area is 139 Å². The van der Waals surface area contributed by atoms with Crippen LogP contribution in [0.15, 0.2) is 40.9 Å². The lowest BCUT2D eigenvalue weighted by atomic mass is 9.79. The number of halogens is 1. The molecule has 1 saturated carbocycles. The number of nitrogens with one attached hydrogen (secondary N) is 2. The van der Waals surface area contributed by atoms with E-state index in [1.54, 1.807) is 6.07 Å². The van der Waals surface area contributed by atoms with Crippen LogP contribution in [-0.4, -0.2) is 23.0 Å². The highest BCUT2D eigenvalue weighted by Crippen LogP contribution is 2.27. The summed E-state index contributed by atoms with van der Waals surface area (Å²) in [5.74, 6) is 4.98. The first-order valence-electron chi connectivity index (χ1n) is 7.01. The second-order valence-corrected chi connectivity index (χ2v) is 5.29. The first kappa shape index (κ1) is 17.0. The SMILES string of the molecule is Cl.NNC(=O)C1CC(NC(=O)c2cc(-c3ccccc3)on2)C1. The minimum absolute atomic E-state index is 0. The number of amides is 2. The van der Waals surface area contributed by atoms with Crippen LogP contribution in [0.3, 0.4) is 0 Å². The molecular formula is C15H17ClN4O3. The third kappa shape index (κ3) is 3.69. The summed E-state index contributed by atoms with van der Waals surface area (Å²) >= 11 is 0. The van der Waals surface area contributed by atoms with Crippen molar-refractivity contribution in [3.63, 3.8) is 0 Å². The van der Waals surface area contributed by atoms with E-state index >= 15 is 0 Å². The molecule has 1 heterocycles. The second-order valence-electron chi connectivity index (χ2n) is 5.29. The number of hydrazine groups is 1. The summed E-state index contributed by atoms with van der Waals surface area (Å²) in [5.41, 5.74) is 3.20. The van der Waals surface area contributed by atoms with E-state index in [1.165, 1.54) is 0 Å². The fourth-order valence-electron chi connectivity index (χ4n) is 2.45. The molecule has 0 radical (unpaired) electrons. The number of aromatic nitrogens is 1. The maximum Gasteiger partial charge on any atom is 0.273 e. The van der Waals surface area contributed by atoms with Gasteiger partial charge in [0.1, 0.15) is 0 Å². The Bertz CT molecular complexity index is 683. The fourth-order valence-corrected chi connectivity index (χ4v) is 2.45. The van der Waals surface area contributed by atoms with Crippen molar-refractivity contribution in [2.24, 2.45) is 11.8 Å². The van der Waals surface area contributed by atoms with E-state index in [9.17, 15) is 9.59 Å². The Hall–Kier alpha value is -2.38. The highest BCUT2D eigenvalue weighted by molar-refractivity contribution is 5.93. The van der Waals surface area contributed by atoms with Gasteiger partial charge in [-0.2, -0.15) is 0 Å². The molecule has 1 aromatic heterocycles. The molecule has 1 aliphatic rings. The smallest absolute Gasteiger partial charge is 0.273 e. The standard InChI is InChI=1S/C15H16N4O3.ClH/c16-18-14(20)10-6-11(7-10)17-15(21)12-8-13(22-19-12)9-4-2-1-3-5-9;/h1-5,8,10-11H,6-7,16H2,(H,17,21)(H,18,20);1H. The van der Waals surface area contributed by atoms with Crippen LogP contribution in [-0.2, 0) is 4.79 Å². The van der Waals surface area contributed by atoms with Crippen LogP contribution in [0, 0.1) is 5.92 Å². The number of hydrogen-bond acceptors (Lipinski definition) is 5. The molecule has 0 saturated heterocycles. The third-order valence-electron chi connectivity index (χ3n) is 3.79. The maximum absolute atomic E-state index is 12.1. The zero-order valence-electron chi connectivity index (χ0n) is 12.2. The average Bonchev–Trinajstić information content (AvgIpc) is 3.00. The van der Waals surface area contributed by atoms with Crippen molar-refractivity contribution in [3.05, 3.63) is 42.1 Å². The van der Waals surface area contributed by atoms with Gasteiger partial charge in [-0.15, -0.1) is 12.4 Å². The van der Waals surface area contributed by atoms with E-state index in [1.807, 2.05) is 30.3 Å². The highest BCUT2D eigenvalue weighted by atomic mass is 35.5. The lowest BCUT2D eigenvalue weighted by Gasteiger charge is -2.33. The first-order valence-corrected chi connectivity index (χ1v) is 7.01. The number of nitrogens with two attached hydrogens (primary N) is 1. The maximum atomic E-state index is 12.1. The van der Waals surface area contributed by atoms with Crippen LogP contribution in [0.25, 0.3) is 11.3 Å². The Balaban J connectivity index is 0.00000192. The van der Waals surface area contributed by atoms with Crippen molar-refractivity contribution >= 4 is 24.2 Å². The monoisotopic (exact) mass is 336 g/mol. The first-order chi connectivity index (χ1) is 10.7. The molecule has 0 atom stereocenters. The van der Waals surface area contributed by atoms with Crippen molar-refractivity contribution in [1.82, 2.24) is 15.9 Å². The predicted molar refractivity (Wildman–Crippen MR) is 85.5 cm³/mol. The van der Waals surface area contributed by atoms with E-state index in [-0.39, 0.29) is 41.9 Å². The van der Waals surface area contributed by atoms with Crippen molar-refractivity contribution in [3.8, 4) is 11.3 Å². The minimum atomic E-state index is -0.303. The third-order valence-corrected chi connectivity index (χ3v) is 3.79. The molecule has 2 amide bonds. The van der Waals surface area contributed by atoms with E-state index < -0.39 is 0 Å². The quantitative estimate of drug-likeness (QED) is 0.442. The molecule has 7 nitrogen and oxygen atoms in total. The summed E-state index contributed by atoms with van der Waals surface area (Å²) in [4.78, 5) is 23.4. The molecule has 0 spiro atoms. The molecule has 0 aliphatic heterocycles. The van der Waals surface area contributed by atoms with Gasteiger partial charge < -0.3 is 9.84 Å². The summed E-state index contributed by atoms with van der Waals surface area (Å²) in [6, 6.07) is 11.0. The summed E-state index contributed by atoms with van der Waals surface area (Å²) in [6.45, 7) is 0. The number of carbonyl (C=O) groups excluding carboxylic acids is 2. The Morgan fingerprint density at radius 3 is 2.57 bits per heavy atom. The van der Waals surface area contributed by atoms with Gasteiger partial charge in [-0.25, -0.2) is 5.84 Å². The number of benzene rings is 1. The number of rotatable bonds is 4. The van der Waals surface area contributed by atoms with Crippen molar-refractivity contribution in [2.75, 3.05) is 0 Å². The molecule has 23 heavy (non-hydrogen) atoms. The molecule has 0 bridgehead atoms. The topological polar surface area (TPSA) is 110 Å². The predicted octanol–water partition coefficient (Wildman–Crippen LogP) is 1.26. The van der Waals surface area contributed by atoms with Gasteiger partial charge in [0.2, 0.25) is 5.91 Å². The summed E-state index contributed by atoms with van der Waals surface area (Å²) in [6.07, 6.45) is 1.16. The average molecular weight is 337 g/mol. The molecule has 1 aromatic carbocycles. The van der Waals surface area contributed by atoms with Gasteiger partial charge in [0.15, 0.2) is 11.5 Å². The van der Waals surface area contributed by atoms with Crippen LogP contribution < -0.4 is 16.6 Å². The lowest BCUT2D eigenvalue weighted by Crippen LogP contribution is -2.50. The van der Waals surface area contributed by atoms with Crippen molar-refractivity contribution in [2.45, 2.75) is 18.9 Å². The molecule has 1 fully saturated rings. The van der Waals surface area contributed by atoms with Crippen LogP contribution in [0.4, 0.5) is 0 Å². The van der Waals surface area contributed by atoms with Crippen LogP contribution in [0.1, 0.15) is 23.3 Å². The largest absolute Gasteiger partial charge is 0.355 e. The summed E-state index contributed by atoms with van der Waals surface area (Å²) in [7, 11) is 0. The number of hydrogen-bond donors (Lipinski definition) is 3. The molecule has 2 aromatic rings. The van der Waals surface area contributed by atoms with E-state index in [0.29, 0.717) is 18.6 Å². The van der Waals surface area contributed by atoms with Crippen LogP contribution >= 0.6 is 12.4 Å². The van der Waals surface area contributed by atoms with Gasteiger partial charge in [0, 0.05) is 23.6 Å². The Morgan fingerprint density at radius 1 is 1.22 bits per heavy atom. The molecule has 3 rings (SSSR count). The Kier molecular flexibility index (Phi) is 5.36. The Morgan fingerprint density at radius 2 is 1.91 bits per heavy atom. The van der Waals surface area contributed by atoms with Gasteiger partial charge >= 0.3 is 0 Å². The normalized spacial score (nSPS) is 19.2. The van der Waals surface area contributed by atoms with Crippen LogP contribution in [0.2, 0.25) is 0 Å².